The largest absolute Gasteiger partial charge is 0.377 e. The first kappa shape index (κ1) is 13.1. The third-order valence-electron chi connectivity index (χ3n) is 3.27. The summed E-state index contributed by atoms with van der Waals surface area (Å²) in [5.41, 5.74) is 2.06. The lowest BCUT2D eigenvalue weighted by atomic mass is 10.1. The number of methoxy groups -OCH3 is 1. The van der Waals surface area contributed by atoms with E-state index in [1.54, 1.807) is 7.11 Å². The summed E-state index contributed by atoms with van der Waals surface area (Å²) in [4.78, 5) is 4.62. The van der Waals surface area contributed by atoms with E-state index in [0.717, 1.165) is 24.4 Å². The maximum atomic E-state index is 5.38. The number of imidazole rings is 1. The van der Waals surface area contributed by atoms with E-state index in [4.69, 9.17) is 4.74 Å². The normalized spacial score (nSPS) is 12.2. The van der Waals surface area contributed by atoms with Crippen LogP contribution in [-0.2, 0) is 18.3 Å². The van der Waals surface area contributed by atoms with Crippen molar-refractivity contribution < 1.29 is 4.74 Å². The molecule has 0 aliphatic carbocycles. The summed E-state index contributed by atoms with van der Waals surface area (Å²) in [7, 11) is 3.78. The lowest BCUT2D eigenvalue weighted by Crippen LogP contribution is -2.36. The van der Waals surface area contributed by atoms with Gasteiger partial charge in [0.05, 0.1) is 23.2 Å². The Kier molecular flexibility index (Phi) is 3.68. The molecule has 0 amide bonds. The molecule has 0 bridgehead atoms. The van der Waals surface area contributed by atoms with Crippen LogP contribution in [0.3, 0.4) is 0 Å². The maximum Gasteiger partial charge on any atom is 0.123 e. The molecule has 0 spiro atoms. The highest BCUT2D eigenvalue weighted by Gasteiger charge is 2.16. The molecule has 0 atom stereocenters. The Balaban J connectivity index is 2.06. The minimum atomic E-state index is -0.148. The number of rotatable bonds is 5. The zero-order valence-corrected chi connectivity index (χ0v) is 11.5. The van der Waals surface area contributed by atoms with Gasteiger partial charge in [-0.05, 0) is 26.0 Å². The van der Waals surface area contributed by atoms with E-state index < -0.39 is 0 Å². The van der Waals surface area contributed by atoms with Crippen LogP contribution in [0.4, 0.5) is 0 Å². The van der Waals surface area contributed by atoms with Gasteiger partial charge in [-0.2, -0.15) is 0 Å². The van der Waals surface area contributed by atoms with Gasteiger partial charge < -0.3 is 14.6 Å². The molecule has 18 heavy (non-hydrogen) atoms. The van der Waals surface area contributed by atoms with Crippen LogP contribution in [0.25, 0.3) is 11.0 Å². The van der Waals surface area contributed by atoms with Crippen LogP contribution in [0.1, 0.15) is 19.7 Å². The lowest BCUT2D eigenvalue weighted by molar-refractivity contribution is 0.0229. The fourth-order valence-corrected chi connectivity index (χ4v) is 1.90. The van der Waals surface area contributed by atoms with Gasteiger partial charge in [0.1, 0.15) is 5.82 Å². The zero-order valence-electron chi connectivity index (χ0n) is 11.5. The first-order valence-electron chi connectivity index (χ1n) is 6.20. The smallest absolute Gasteiger partial charge is 0.123 e. The number of nitrogens with zero attached hydrogens (tertiary/aromatic N) is 2. The molecule has 0 unspecified atom stereocenters. The Labute approximate surface area is 108 Å². The van der Waals surface area contributed by atoms with Crippen molar-refractivity contribution in [3.63, 3.8) is 0 Å². The van der Waals surface area contributed by atoms with Crippen molar-refractivity contribution in [3.8, 4) is 0 Å². The molecule has 4 heteroatoms. The first-order chi connectivity index (χ1) is 8.53. The minimum Gasteiger partial charge on any atom is -0.377 e. The van der Waals surface area contributed by atoms with Crippen molar-refractivity contribution in [2.24, 2.45) is 7.05 Å². The number of hydrogen-bond donors (Lipinski definition) is 1. The Morgan fingerprint density at radius 3 is 2.72 bits per heavy atom. The number of hydrogen-bond acceptors (Lipinski definition) is 3. The molecule has 0 aliphatic heterocycles. The number of ether oxygens (including phenoxy) is 1. The highest BCUT2D eigenvalue weighted by atomic mass is 16.5. The van der Waals surface area contributed by atoms with E-state index in [0.29, 0.717) is 0 Å². The fraction of sp³-hybridized carbons (Fsp3) is 0.500. The Bertz CT molecular complexity index is 531. The lowest BCUT2D eigenvalue weighted by Gasteiger charge is -2.23. The molecular formula is C14H21N3O. The second-order valence-corrected chi connectivity index (χ2v) is 5.14. The van der Waals surface area contributed by atoms with Gasteiger partial charge in [0.25, 0.3) is 0 Å². The van der Waals surface area contributed by atoms with Crippen LogP contribution in [0.15, 0.2) is 24.3 Å². The second-order valence-electron chi connectivity index (χ2n) is 5.14. The summed E-state index contributed by atoms with van der Waals surface area (Å²) in [6.07, 6.45) is 0. The van der Waals surface area contributed by atoms with Gasteiger partial charge in [-0.1, -0.05) is 12.1 Å². The number of nitrogens with one attached hydrogen (secondary N) is 1. The van der Waals surface area contributed by atoms with Crippen molar-refractivity contribution in [2.45, 2.75) is 26.0 Å². The molecule has 1 heterocycles. The third-order valence-corrected chi connectivity index (χ3v) is 3.27. The van der Waals surface area contributed by atoms with Crippen LogP contribution >= 0.6 is 0 Å². The summed E-state index contributed by atoms with van der Waals surface area (Å²) in [5, 5.41) is 3.39. The van der Waals surface area contributed by atoms with E-state index in [2.05, 4.69) is 34.8 Å². The Hall–Kier alpha value is -1.39. The molecular weight excluding hydrogens is 226 g/mol. The number of benzene rings is 1. The summed E-state index contributed by atoms with van der Waals surface area (Å²) >= 11 is 0. The minimum absolute atomic E-state index is 0.148. The maximum absolute atomic E-state index is 5.38. The van der Waals surface area contributed by atoms with Crippen molar-refractivity contribution in [1.29, 1.82) is 0 Å². The predicted molar refractivity (Wildman–Crippen MR) is 73.5 cm³/mol. The van der Waals surface area contributed by atoms with Gasteiger partial charge in [0, 0.05) is 20.7 Å². The topological polar surface area (TPSA) is 39.1 Å². The van der Waals surface area contributed by atoms with Gasteiger partial charge in [-0.15, -0.1) is 0 Å². The monoisotopic (exact) mass is 247 g/mol. The second kappa shape index (κ2) is 5.08. The average molecular weight is 247 g/mol. The average Bonchev–Trinajstić information content (AvgIpc) is 2.67. The molecule has 0 fully saturated rings. The molecule has 98 valence electrons. The highest BCUT2D eigenvalue weighted by molar-refractivity contribution is 5.75. The molecule has 4 nitrogen and oxygen atoms in total. The van der Waals surface area contributed by atoms with Crippen LogP contribution in [0, 0.1) is 0 Å². The van der Waals surface area contributed by atoms with Gasteiger partial charge in [-0.3, -0.25) is 0 Å². The Morgan fingerprint density at radius 2 is 2.06 bits per heavy atom. The number of para-hydroxylation sites is 2. The SMILES string of the molecule is COC(C)(C)CNCc1nc2ccccc2n1C. The molecule has 1 aromatic carbocycles. The fourth-order valence-electron chi connectivity index (χ4n) is 1.90. The van der Waals surface area contributed by atoms with Crippen molar-refractivity contribution in [2.75, 3.05) is 13.7 Å². The molecule has 0 saturated heterocycles. The summed E-state index contributed by atoms with van der Waals surface area (Å²) < 4.78 is 7.50. The van der Waals surface area contributed by atoms with Gasteiger partial charge in [-0.25, -0.2) is 4.98 Å². The molecule has 2 rings (SSSR count). The first-order valence-corrected chi connectivity index (χ1v) is 6.20. The molecule has 0 aliphatic rings. The summed E-state index contributed by atoms with van der Waals surface area (Å²) in [6, 6.07) is 8.18. The summed E-state index contributed by atoms with van der Waals surface area (Å²) in [6.45, 7) is 5.68. The van der Waals surface area contributed by atoms with Gasteiger partial charge in [0.2, 0.25) is 0 Å². The summed E-state index contributed by atoms with van der Waals surface area (Å²) in [5.74, 6) is 1.04. The molecule has 0 saturated carbocycles. The predicted octanol–water partition coefficient (Wildman–Crippen LogP) is 2.09. The number of fused-ring (bicyclic) bond motifs is 1. The van der Waals surface area contributed by atoms with Crippen molar-refractivity contribution in [3.05, 3.63) is 30.1 Å². The molecule has 1 aromatic heterocycles. The van der Waals surface area contributed by atoms with Crippen LogP contribution in [-0.4, -0.2) is 28.8 Å². The van der Waals surface area contributed by atoms with Gasteiger partial charge >= 0.3 is 0 Å². The van der Waals surface area contributed by atoms with Crippen LogP contribution < -0.4 is 5.32 Å². The van der Waals surface area contributed by atoms with Crippen LogP contribution in [0.2, 0.25) is 0 Å². The molecule has 2 aromatic rings. The number of aromatic nitrogens is 2. The van der Waals surface area contributed by atoms with E-state index in [1.807, 2.05) is 25.2 Å². The Morgan fingerprint density at radius 1 is 1.33 bits per heavy atom. The van der Waals surface area contributed by atoms with E-state index in [1.165, 1.54) is 5.52 Å². The number of aryl methyl sites for hydroxylation is 1. The zero-order chi connectivity index (χ0) is 13.2. The molecule has 0 radical (unpaired) electrons. The quantitative estimate of drug-likeness (QED) is 0.879. The highest BCUT2D eigenvalue weighted by Crippen LogP contribution is 2.14. The van der Waals surface area contributed by atoms with E-state index in [9.17, 15) is 0 Å². The van der Waals surface area contributed by atoms with E-state index >= 15 is 0 Å². The van der Waals surface area contributed by atoms with Gasteiger partial charge in [0.15, 0.2) is 0 Å². The third kappa shape index (κ3) is 2.71. The standard InChI is InChI=1S/C14H21N3O/c1-14(2,18-4)10-15-9-13-16-11-7-5-6-8-12(11)17(13)3/h5-8,15H,9-10H2,1-4H3. The van der Waals surface area contributed by atoms with Crippen molar-refractivity contribution in [1.82, 2.24) is 14.9 Å². The molecule has 1 N–H and O–H groups in total. The van der Waals surface area contributed by atoms with Crippen LogP contribution in [0.5, 0.6) is 0 Å². The van der Waals surface area contributed by atoms with E-state index in [-0.39, 0.29) is 5.60 Å². The van der Waals surface area contributed by atoms with Crippen molar-refractivity contribution >= 4 is 11.0 Å².